The van der Waals surface area contributed by atoms with Crippen molar-refractivity contribution in [2.45, 2.75) is 34.1 Å². The highest BCUT2D eigenvalue weighted by Crippen LogP contribution is 2.23. The molecule has 1 aromatic carbocycles. The summed E-state index contributed by atoms with van der Waals surface area (Å²) in [6.07, 6.45) is 0.981. The number of benzene rings is 1. The van der Waals surface area contributed by atoms with E-state index in [1.165, 1.54) is 33.7 Å². The maximum Gasteiger partial charge on any atom is 0.103 e. The highest BCUT2D eigenvalue weighted by atomic mass is 15.2. The fraction of sp³-hybridized carbons (Fsp3) is 0.533. The van der Waals surface area contributed by atoms with Gasteiger partial charge in [-0.2, -0.15) is 0 Å². The third-order valence-corrected chi connectivity index (χ3v) is 4.02. The largest absolute Gasteiger partial charge is 0.361 e. The maximum atomic E-state index is 4.59. The summed E-state index contributed by atoms with van der Waals surface area (Å²) in [5.41, 5.74) is 7.11. The molecule has 2 rings (SSSR count). The molecule has 0 radical (unpaired) electrons. The molecule has 0 saturated carbocycles. The Balaban J connectivity index is 2.36. The van der Waals surface area contributed by atoms with Gasteiger partial charge in [-0.15, -0.1) is 0 Å². The van der Waals surface area contributed by atoms with Crippen LogP contribution in [-0.4, -0.2) is 30.9 Å². The summed E-state index contributed by atoms with van der Waals surface area (Å²) in [5, 5.41) is 0. The molecule has 1 aliphatic heterocycles. The first-order chi connectivity index (χ1) is 8.00. The van der Waals surface area contributed by atoms with Crippen LogP contribution in [0, 0.1) is 27.7 Å². The van der Waals surface area contributed by atoms with E-state index < -0.39 is 0 Å². The van der Waals surface area contributed by atoms with Gasteiger partial charge in [-0.05, 0) is 55.5 Å². The summed E-state index contributed by atoms with van der Waals surface area (Å²) in [6.45, 7) is 10.9. The molecule has 0 N–H and O–H groups in total. The summed E-state index contributed by atoms with van der Waals surface area (Å²) >= 11 is 0. The molecule has 0 bridgehead atoms. The van der Waals surface area contributed by atoms with Gasteiger partial charge in [-0.1, -0.05) is 6.07 Å². The topological polar surface area (TPSA) is 15.6 Å². The Morgan fingerprint density at radius 3 is 2.41 bits per heavy atom. The average Bonchev–Trinajstić information content (AvgIpc) is 2.67. The van der Waals surface area contributed by atoms with Crippen LogP contribution in [0.3, 0.4) is 0 Å². The lowest BCUT2D eigenvalue weighted by molar-refractivity contribution is 0.548. The van der Waals surface area contributed by atoms with E-state index in [4.69, 9.17) is 0 Å². The smallest absolute Gasteiger partial charge is 0.103 e. The monoisotopic (exact) mass is 230 g/mol. The molecule has 17 heavy (non-hydrogen) atoms. The van der Waals surface area contributed by atoms with Crippen LogP contribution in [0.1, 0.15) is 27.8 Å². The Morgan fingerprint density at radius 1 is 1.12 bits per heavy atom. The summed E-state index contributed by atoms with van der Waals surface area (Å²) in [7, 11) is 2.14. The van der Waals surface area contributed by atoms with Crippen LogP contribution in [0.15, 0.2) is 11.1 Å². The summed E-state index contributed by atoms with van der Waals surface area (Å²) < 4.78 is 0. The number of likely N-dealkylation sites (N-methyl/N-ethyl adjacent to an activating group) is 1. The average molecular weight is 230 g/mol. The Kier molecular flexibility index (Phi) is 3.23. The molecular formula is C15H22N2. The summed E-state index contributed by atoms with van der Waals surface area (Å²) in [6, 6.07) is 2.30. The van der Waals surface area contributed by atoms with E-state index in [0.29, 0.717) is 0 Å². The van der Waals surface area contributed by atoms with Crippen molar-refractivity contribution in [3.05, 3.63) is 33.9 Å². The van der Waals surface area contributed by atoms with Crippen molar-refractivity contribution in [3.8, 4) is 0 Å². The highest BCUT2D eigenvalue weighted by molar-refractivity contribution is 5.86. The van der Waals surface area contributed by atoms with Crippen molar-refractivity contribution in [1.29, 1.82) is 0 Å². The molecule has 0 saturated heterocycles. The van der Waals surface area contributed by atoms with Crippen LogP contribution >= 0.6 is 0 Å². The molecule has 0 amide bonds. The van der Waals surface area contributed by atoms with Crippen LogP contribution < -0.4 is 0 Å². The highest BCUT2D eigenvalue weighted by Gasteiger charge is 2.16. The molecule has 0 aromatic heterocycles. The minimum absolute atomic E-state index is 0.953. The van der Waals surface area contributed by atoms with Crippen molar-refractivity contribution >= 4 is 5.84 Å². The van der Waals surface area contributed by atoms with E-state index in [9.17, 15) is 0 Å². The molecule has 1 heterocycles. The van der Waals surface area contributed by atoms with Gasteiger partial charge >= 0.3 is 0 Å². The van der Waals surface area contributed by atoms with Crippen LogP contribution in [0.5, 0.6) is 0 Å². The number of amidine groups is 1. The Hall–Kier alpha value is -1.31. The van der Waals surface area contributed by atoms with E-state index in [-0.39, 0.29) is 0 Å². The number of aliphatic imine (C=N–C) groups is 1. The maximum absolute atomic E-state index is 4.59. The number of hydrogen-bond donors (Lipinski definition) is 0. The number of aryl methyl sites for hydroxylation is 2. The van der Waals surface area contributed by atoms with Gasteiger partial charge in [0.2, 0.25) is 0 Å². The first-order valence-corrected chi connectivity index (χ1v) is 6.31. The minimum atomic E-state index is 0.953. The lowest BCUT2D eigenvalue weighted by Crippen LogP contribution is -2.25. The second kappa shape index (κ2) is 4.52. The van der Waals surface area contributed by atoms with E-state index in [1.807, 2.05) is 0 Å². The van der Waals surface area contributed by atoms with Gasteiger partial charge in [0.25, 0.3) is 0 Å². The fourth-order valence-corrected chi connectivity index (χ4v) is 2.54. The predicted octanol–water partition coefficient (Wildman–Crippen LogP) is 2.81. The van der Waals surface area contributed by atoms with Gasteiger partial charge in [0.15, 0.2) is 0 Å². The number of nitrogens with zero attached hydrogens (tertiary/aromatic N) is 2. The van der Waals surface area contributed by atoms with Gasteiger partial charge in [0.05, 0.1) is 6.54 Å². The summed E-state index contributed by atoms with van der Waals surface area (Å²) in [4.78, 5) is 6.86. The molecule has 1 aliphatic rings. The molecule has 0 fully saturated rings. The van der Waals surface area contributed by atoms with E-state index in [2.05, 4.69) is 50.7 Å². The van der Waals surface area contributed by atoms with Crippen molar-refractivity contribution in [2.75, 3.05) is 20.1 Å². The van der Waals surface area contributed by atoms with Crippen molar-refractivity contribution in [2.24, 2.45) is 4.99 Å². The van der Waals surface area contributed by atoms with Gasteiger partial charge in [-0.3, -0.25) is 4.99 Å². The van der Waals surface area contributed by atoms with E-state index in [0.717, 1.165) is 19.5 Å². The quantitative estimate of drug-likeness (QED) is 0.763. The normalized spacial score (nSPS) is 15.4. The van der Waals surface area contributed by atoms with E-state index in [1.54, 1.807) is 0 Å². The Morgan fingerprint density at radius 2 is 1.82 bits per heavy atom. The molecule has 1 aromatic rings. The van der Waals surface area contributed by atoms with Gasteiger partial charge in [0.1, 0.15) is 5.84 Å². The zero-order chi connectivity index (χ0) is 12.6. The predicted molar refractivity (Wildman–Crippen MR) is 74.0 cm³/mol. The van der Waals surface area contributed by atoms with Gasteiger partial charge in [-0.25, -0.2) is 0 Å². The summed E-state index contributed by atoms with van der Waals surface area (Å²) in [5.74, 6) is 1.24. The molecular weight excluding hydrogens is 208 g/mol. The third kappa shape index (κ3) is 2.21. The molecule has 2 nitrogen and oxygen atoms in total. The van der Waals surface area contributed by atoms with Crippen LogP contribution in [0.2, 0.25) is 0 Å². The Labute approximate surface area is 104 Å². The lowest BCUT2D eigenvalue weighted by Gasteiger charge is -2.18. The number of rotatable bonds is 2. The van der Waals surface area contributed by atoms with Crippen LogP contribution in [0.4, 0.5) is 0 Å². The molecule has 0 spiro atoms. The van der Waals surface area contributed by atoms with Crippen molar-refractivity contribution < 1.29 is 0 Å². The van der Waals surface area contributed by atoms with Crippen molar-refractivity contribution in [1.82, 2.24) is 4.90 Å². The Bertz CT molecular complexity index is 472. The number of hydrogen-bond acceptors (Lipinski definition) is 2. The van der Waals surface area contributed by atoms with Gasteiger partial charge in [0, 0.05) is 20.0 Å². The molecule has 2 heteroatoms. The standard InChI is InChI=1S/C15H22N2/c1-10-8-11(2)14(13(4)12(10)3)9-15-16-6-7-17(15)5/h8H,6-7,9H2,1-5H3. The SMILES string of the molecule is Cc1cc(C)c(CC2=NCCN2C)c(C)c1C. The second-order valence-electron chi connectivity index (χ2n) is 5.14. The zero-order valence-corrected chi connectivity index (χ0v) is 11.6. The molecule has 92 valence electrons. The first kappa shape index (κ1) is 12.2. The van der Waals surface area contributed by atoms with Crippen molar-refractivity contribution in [3.63, 3.8) is 0 Å². The van der Waals surface area contributed by atoms with Gasteiger partial charge < -0.3 is 4.90 Å². The zero-order valence-electron chi connectivity index (χ0n) is 11.6. The minimum Gasteiger partial charge on any atom is -0.361 e. The van der Waals surface area contributed by atoms with E-state index >= 15 is 0 Å². The second-order valence-corrected chi connectivity index (χ2v) is 5.14. The first-order valence-electron chi connectivity index (χ1n) is 6.31. The molecule has 0 aliphatic carbocycles. The molecule has 0 unspecified atom stereocenters. The lowest BCUT2D eigenvalue weighted by atomic mass is 9.92. The third-order valence-electron chi connectivity index (χ3n) is 4.02. The van der Waals surface area contributed by atoms with Crippen LogP contribution in [0.25, 0.3) is 0 Å². The fourth-order valence-electron chi connectivity index (χ4n) is 2.54. The van der Waals surface area contributed by atoms with Crippen LogP contribution in [-0.2, 0) is 6.42 Å². The molecule has 0 atom stereocenters.